The first-order chi connectivity index (χ1) is 14.0. The van der Waals surface area contributed by atoms with Gasteiger partial charge in [0.15, 0.2) is 5.65 Å². The molecule has 4 aromatic heterocycles. The van der Waals surface area contributed by atoms with Crippen molar-refractivity contribution in [2.75, 3.05) is 17.7 Å². The Morgan fingerprint density at radius 2 is 2.03 bits per heavy atom. The molecule has 146 valence electrons. The second-order valence-electron chi connectivity index (χ2n) is 6.31. The summed E-state index contributed by atoms with van der Waals surface area (Å²) < 4.78 is 2.95. The number of nitrogens with two attached hydrogens (primary N) is 1. The molecule has 0 aliphatic rings. The van der Waals surface area contributed by atoms with Crippen molar-refractivity contribution in [3.8, 4) is 5.69 Å². The zero-order valence-corrected chi connectivity index (χ0v) is 15.7. The first-order valence-electron chi connectivity index (χ1n) is 8.76. The normalized spacial score (nSPS) is 10.8. The molecule has 0 saturated heterocycles. The lowest BCUT2D eigenvalue weighted by Crippen LogP contribution is -2.20. The minimum Gasteiger partial charge on any atom is -0.373 e. The third kappa shape index (κ3) is 3.27. The molecule has 10 heteroatoms. The number of hydrogen-bond donors (Lipinski definition) is 3. The average Bonchev–Trinajstić information content (AvgIpc) is 3.14. The maximum Gasteiger partial charge on any atom is 0.278 e. The van der Waals surface area contributed by atoms with Crippen LogP contribution in [0.15, 0.2) is 53.7 Å². The van der Waals surface area contributed by atoms with E-state index < -0.39 is 5.91 Å². The summed E-state index contributed by atoms with van der Waals surface area (Å²) in [5, 5.41) is 10.1. The Bertz CT molecular complexity index is 1270. The van der Waals surface area contributed by atoms with Gasteiger partial charge in [-0.05, 0) is 31.2 Å². The topological polar surface area (TPSA) is 132 Å². The number of rotatable bonds is 5. The number of aromatic nitrogens is 5. The number of nitrogens with zero attached hydrogens (tertiary/aromatic N) is 5. The summed E-state index contributed by atoms with van der Waals surface area (Å²) in [4.78, 5) is 33.2. The number of primary amides is 1. The van der Waals surface area contributed by atoms with Gasteiger partial charge in [0.25, 0.3) is 11.5 Å². The molecule has 0 aliphatic heterocycles. The van der Waals surface area contributed by atoms with Gasteiger partial charge in [-0.1, -0.05) is 0 Å². The number of hydrogen-bond acceptors (Lipinski definition) is 7. The smallest absolute Gasteiger partial charge is 0.278 e. The molecule has 0 fully saturated rings. The van der Waals surface area contributed by atoms with E-state index in [-0.39, 0.29) is 16.8 Å². The number of anilines is 3. The van der Waals surface area contributed by atoms with Gasteiger partial charge in [0.05, 0.1) is 18.1 Å². The number of fused-ring (bicyclic) bond motifs is 1. The monoisotopic (exact) mass is 390 g/mol. The van der Waals surface area contributed by atoms with E-state index in [1.165, 1.54) is 15.3 Å². The predicted octanol–water partition coefficient (Wildman–Crippen LogP) is 1.47. The highest BCUT2D eigenvalue weighted by Gasteiger charge is 2.15. The van der Waals surface area contributed by atoms with Crippen molar-refractivity contribution in [1.29, 1.82) is 0 Å². The fourth-order valence-electron chi connectivity index (χ4n) is 2.91. The van der Waals surface area contributed by atoms with Crippen LogP contribution in [0.3, 0.4) is 0 Å². The van der Waals surface area contributed by atoms with Crippen LogP contribution < -0.4 is 21.9 Å². The van der Waals surface area contributed by atoms with Gasteiger partial charge >= 0.3 is 0 Å². The van der Waals surface area contributed by atoms with E-state index in [9.17, 15) is 9.59 Å². The lowest BCUT2D eigenvalue weighted by Gasteiger charge is -2.11. The third-order valence-corrected chi connectivity index (χ3v) is 4.38. The molecule has 0 aromatic carbocycles. The van der Waals surface area contributed by atoms with Gasteiger partial charge in [-0.25, -0.2) is 4.98 Å². The van der Waals surface area contributed by atoms with Crippen LogP contribution in [0.2, 0.25) is 0 Å². The van der Waals surface area contributed by atoms with Crippen molar-refractivity contribution in [3.63, 3.8) is 0 Å². The summed E-state index contributed by atoms with van der Waals surface area (Å²) in [6.45, 7) is 1.88. The van der Waals surface area contributed by atoms with Crippen LogP contribution in [0, 0.1) is 6.92 Å². The quantitative estimate of drug-likeness (QED) is 0.470. The van der Waals surface area contributed by atoms with Gasteiger partial charge in [0, 0.05) is 25.0 Å². The number of amides is 1. The fourth-order valence-corrected chi connectivity index (χ4v) is 2.91. The van der Waals surface area contributed by atoms with Gasteiger partial charge in [0.2, 0.25) is 0 Å². The Morgan fingerprint density at radius 3 is 2.72 bits per heavy atom. The van der Waals surface area contributed by atoms with E-state index in [4.69, 9.17) is 5.73 Å². The number of carbonyl (C=O) groups is 1. The van der Waals surface area contributed by atoms with Crippen molar-refractivity contribution in [2.24, 2.45) is 5.73 Å². The number of aryl methyl sites for hydroxylation is 1. The van der Waals surface area contributed by atoms with Crippen LogP contribution in [0.25, 0.3) is 11.3 Å². The molecule has 29 heavy (non-hydrogen) atoms. The summed E-state index contributed by atoms with van der Waals surface area (Å²) in [5.41, 5.74) is 7.42. The highest BCUT2D eigenvalue weighted by Crippen LogP contribution is 2.20. The molecule has 1 amide bonds. The lowest BCUT2D eigenvalue weighted by molar-refractivity contribution is 0.100. The minimum absolute atomic E-state index is 0.182. The molecule has 4 rings (SSSR count). The molecule has 0 saturated carbocycles. The van der Waals surface area contributed by atoms with E-state index in [0.29, 0.717) is 23.0 Å². The standard InChI is InChI=1S/C19H18N8O2/c1-11-5-6-12(9-22-11)26-7-3-4-14(19(26)29)24-15-8-16(21-2)27-18(25-15)13(10-23-27)17(20)28/h3-10,21H,1-2H3,(H2,20,28)(H,24,25). The average molecular weight is 390 g/mol. The van der Waals surface area contributed by atoms with Crippen LogP contribution >= 0.6 is 0 Å². The van der Waals surface area contributed by atoms with Crippen molar-refractivity contribution in [3.05, 3.63) is 70.5 Å². The molecule has 4 aromatic rings. The summed E-state index contributed by atoms with van der Waals surface area (Å²) >= 11 is 0. The molecule has 0 radical (unpaired) electrons. The largest absolute Gasteiger partial charge is 0.373 e. The number of carbonyl (C=O) groups excluding carboxylic acids is 1. The Balaban J connectivity index is 1.78. The second-order valence-corrected chi connectivity index (χ2v) is 6.31. The number of nitrogens with one attached hydrogen (secondary N) is 2. The van der Waals surface area contributed by atoms with E-state index in [1.807, 2.05) is 19.1 Å². The molecule has 0 atom stereocenters. The molecule has 0 spiro atoms. The highest BCUT2D eigenvalue weighted by molar-refractivity contribution is 5.98. The molecule has 0 aliphatic carbocycles. The SMILES string of the molecule is CNc1cc(Nc2cccn(-c3ccc(C)nc3)c2=O)nc2c(C(N)=O)cnn12. The van der Waals surface area contributed by atoms with Crippen LogP contribution in [0.4, 0.5) is 17.3 Å². The van der Waals surface area contributed by atoms with Crippen LogP contribution in [0.1, 0.15) is 16.1 Å². The minimum atomic E-state index is -0.638. The van der Waals surface area contributed by atoms with Gasteiger partial charge < -0.3 is 16.4 Å². The maximum absolute atomic E-state index is 12.9. The van der Waals surface area contributed by atoms with Crippen LogP contribution in [-0.4, -0.2) is 37.1 Å². The summed E-state index contributed by atoms with van der Waals surface area (Å²) in [6.07, 6.45) is 4.65. The van der Waals surface area contributed by atoms with Gasteiger partial charge in [0.1, 0.15) is 22.9 Å². The molecule has 0 unspecified atom stereocenters. The van der Waals surface area contributed by atoms with E-state index >= 15 is 0 Å². The second kappa shape index (κ2) is 7.08. The molecule has 4 N–H and O–H groups in total. The highest BCUT2D eigenvalue weighted by atomic mass is 16.1. The maximum atomic E-state index is 12.9. The van der Waals surface area contributed by atoms with Gasteiger partial charge in [-0.15, -0.1) is 0 Å². The van der Waals surface area contributed by atoms with Gasteiger partial charge in [-0.3, -0.25) is 19.1 Å². The molecule has 4 heterocycles. The van der Waals surface area contributed by atoms with Crippen molar-refractivity contribution >= 4 is 28.9 Å². The van der Waals surface area contributed by atoms with E-state index in [2.05, 4.69) is 25.7 Å². The zero-order chi connectivity index (χ0) is 20.5. The Labute approximate surface area is 165 Å². The van der Waals surface area contributed by atoms with Crippen LogP contribution in [-0.2, 0) is 0 Å². The summed E-state index contributed by atoms with van der Waals surface area (Å²) in [6, 6.07) is 8.73. The molecule has 0 bridgehead atoms. The van der Waals surface area contributed by atoms with E-state index in [1.54, 1.807) is 37.6 Å². The Kier molecular flexibility index (Phi) is 4.43. The van der Waals surface area contributed by atoms with E-state index in [0.717, 1.165) is 5.69 Å². The lowest BCUT2D eigenvalue weighted by atomic mass is 10.3. The summed E-state index contributed by atoms with van der Waals surface area (Å²) in [5.74, 6) is 0.298. The molecular formula is C19H18N8O2. The fraction of sp³-hybridized carbons (Fsp3) is 0.105. The van der Waals surface area contributed by atoms with Crippen molar-refractivity contribution < 1.29 is 4.79 Å². The number of pyridine rings is 2. The first-order valence-corrected chi connectivity index (χ1v) is 8.76. The van der Waals surface area contributed by atoms with Gasteiger partial charge in [-0.2, -0.15) is 9.61 Å². The molecule has 10 nitrogen and oxygen atoms in total. The van der Waals surface area contributed by atoms with Crippen LogP contribution in [0.5, 0.6) is 0 Å². The third-order valence-electron chi connectivity index (χ3n) is 4.38. The predicted molar refractivity (Wildman–Crippen MR) is 109 cm³/mol. The molecular weight excluding hydrogens is 372 g/mol. The summed E-state index contributed by atoms with van der Waals surface area (Å²) in [7, 11) is 1.71. The van der Waals surface area contributed by atoms with Crippen molar-refractivity contribution in [2.45, 2.75) is 6.92 Å². The zero-order valence-electron chi connectivity index (χ0n) is 15.7. The first kappa shape index (κ1) is 18.2. The Morgan fingerprint density at radius 1 is 1.21 bits per heavy atom. The van der Waals surface area contributed by atoms with Crippen molar-refractivity contribution in [1.82, 2.24) is 24.1 Å². The Hall–Kier alpha value is -4.21.